The number of benzene rings is 2. The number of anilines is 2. The van der Waals surface area contributed by atoms with Crippen LogP contribution in [0.3, 0.4) is 0 Å². The van der Waals surface area contributed by atoms with Crippen LogP contribution in [-0.4, -0.2) is 96.1 Å². The Hall–Kier alpha value is -4.51. The molecule has 1 unspecified atom stereocenters. The van der Waals surface area contributed by atoms with E-state index in [1.54, 1.807) is 35.2 Å². The molecule has 0 radical (unpaired) electrons. The van der Waals surface area contributed by atoms with E-state index in [2.05, 4.69) is 25.4 Å². The van der Waals surface area contributed by atoms with Crippen molar-refractivity contribution < 1.29 is 19.1 Å². The standard InChI is InChI=1S/C33H43N7O4/c1-7-39(20-19-38(5)6)28-21-27(35-29(37-28)23-13-9-8-10-14-23)31(42)36-26-16-12-11-15-25(26)30(41)34-24-17-18-40(22-24)32(43)44-33(2,3)4/h8-16,21,24H,7,17-20,22H2,1-6H3,(H,34,41)(H,36,42). The van der Waals surface area contributed by atoms with E-state index in [0.29, 0.717) is 48.9 Å². The lowest BCUT2D eigenvalue weighted by atomic mass is 10.1. The van der Waals surface area contributed by atoms with Gasteiger partial charge in [-0.1, -0.05) is 42.5 Å². The summed E-state index contributed by atoms with van der Waals surface area (Å²) in [7, 11) is 4.03. The van der Waals surface area contributed by atoms with Crippen LogP contribution >= 0.6 is 0 Å². The lowest BCUT2D eigenvalue weighted by molar-refractivity contribution is 0.0290. The van der Waals surface area contributed by atoms with Crippen LogP contribution in [-0.2, 0) is 4.74 Å². The molecule has 0 spiro atoms. The molecule has 0 bridgehead atoms. The Labute approximate surface area is 259 Å². The van der Waals surface area contributed by atoms with E-state index in [4.69, 9.17) is 9.72 Å². The number of aromatic nitrogens is 2. The highest BCUT2D eigenvalue weighted by atomic mass is 16.6. The highest BCUT2D eigenvalue weighted by Gasteiger charge is 2.31. The van der Waals surface area contributed by atoms with Gasteiger partial charge in [0.25, 0.3) is 11.8 Å². The molecule has 1 aliphatic heterocycles. The molecule has 1 fully saturated rings. The molecule has 3 amide bonds. The third-order valence-corrected chi connectivity index (χ3v) is 7.10. The minimum absolute atomic E-state index is 0.191. The van der Waals surface area contributed by atoms with E-state index in [9.17, 15) is 14.4 Å². The van der Waals surface area contributed by atoms with Crippen LogP contribution in [0, 0.1) is 0 Å². The Balaban J connectivity index is 1.53. The first-order valence-corrected chi connectivity index (χ1v) is 15.0. The van der Waals surface area contributed by atoms with Crippen molar-refractivity contribution in [1.82, 2.24) is 25.1 Å². The predicted octanol–water partition coefficient (Wildman–Crippen LogP) is 4.52. The van der Waals surface area contributed by atoms with Gasteiger partial charge in [0.2, 0.25) is 0 Å². The minimum Gasteiger partial charge on any atom is -0.444 e. The Morgan fingerprint density at radius 2 is 1.68 bits per heavy atom. The number of hydrogen-bond acceptors (Lipinski definition) is 8. The lowest BCUT2D eigenvalue weighted by Crippen LogP contribution is -2.40. The number of likely N-dealkylation sites (N-methyl/N-ethyl adjacent to an activating group) is 2. The monoisotopic (exact) mass is 601 g/mol. The molecule has 1 saturated heterocycles. The Bertz CT molecular complexity index is 1460. The van der Waals surface area contributed by atoms with Crippen LogP contribution in [0.1, 0.15) is 55.0 Å². The maximum Gasteiger partial charge on any atom is 0.410 e. The lowest BCUT2D eigenvalue weighted by Gasteiger charge is -2.24. The maximum absolute atomic E-state index is 13.7. The van der Waals surface area contributed by atoms with Gasteiger partial charge in [0.05, 0.1) is 11.3 Å². The Morgan fingerprint density at radius 1 is 0.977 bits per heavy atom. The predicted molar refractivity (Wildman–Crippen MR) is 172 cm³/mol. The molecular formula is C33H43N7O4. The summed E-state index contributed by atoms with van der Waals surface area (Å²) >= 11 is 0. The van der Waals surface area contributed by atoms with Gasteiger partial charge in [-0.25, -0.2) is 14.8 Å². The zero-order valence-corrected chi connectivity index (χ0v) is 26.5. The first-order chi connectivity index (χ1) is 20.9. The van der Waals surface area contributed by atoms with Gasteiger partial charge >= 0.3 is 6.09 Å². The number of ether oxygens (including phenoxy) is 1. The van der Waals surface area contributed by atoms with E-state index in [1.165, 1.54) is 0 Å². The molecule has 2 aromatic carbocycles. The molecule has 2 N–H and O–H groups in total. The summed E-state index contributed by atoms with van der Waals surface area (Å²) in [6.45, 7) is 10.6. The van der Waals surface area contributed by atoms with E-state index >= 15 is 0 Å². The molecule has 44 heavy (non-hydrogen) atoms. The number of para-hydroxylation sites is 1. The number of amides is 3. The van der Waals surface area contributed by atoms with Crippen molar-refractivity contribution in [3.63, 3.8) is 0 Å². The molecular weight excluding hydrogens is 558 g/mol. The molecule has 3 aromatic rings. The molecule has 234 valence electrons. The zero-order valence-electron chi connectivity index (χ0n) is 26.5. The highest BCUT2D eigenvalue weighted by molar-refractivity contribution is 6.08. The number of hydrogen-bond donors (Lipinski definition) is 2. The van der Waals surface area contributed by atoms with Gasteiger partial charge in [0, 0.05) is 50.4 Å². The largest absolute Gasteiger partial charge is 0.444 e. The average molecular weight is 602 g/mol. The van der Waals surface area contributed by atoms with Crippen molar-refractivity contribution in [2.24, 2.45) is 0 Å². The van der Waals surface area contributed by atoms with Gasteiger partial charge in [0.1, 0.15) is 17.1 Å². The van der Waals surface area contributed by atoms with Crippen molar-refractivity contribution in [2.75, 3.05) is 57.0 Å². The Morgan fingerprint density at radius 3 is 2.36 bits per heavy atom. The summed E-state index contributed by atoms with van der Waals surface area (Å²) in [5.74, 6) is 0.298. The molecule has 1 aliphatic rings. The number of likely N-dealkylation sites (tertiary alicyclic amines) is 1. The number of carbonyl (C=O) groups excluding carboxylic acids is 3. The molecule has 1 atom stereocenters. The summed E-state index contributed by atoms with van der Waals surface area (Å²) < 4.78 is 5.47. The van der Waals surface area contributed by atoms with Crippen molar-refractivity contribution >= 4 is 29.4 Å². The van der Waals surface area contributed by atoms with E-state index in [-0.39, 0.29) is 17.6 Å². The van der Waals surface area contributed by atoms with Gasteiger partial charge < -0.3 is 30.1 Å². The van der Waals surface area contributed by atoms with Crippen molar-refractivity contribution in [2.45, 2.75) is 45.8 Å². The number of nitrogens with zero attached hydrogens (tertiary/aromatic N) is 5. The van der Waals surface area contributed by atoms with Gasteiger partial charge in [-0.3, -0.25) is 9.59 Å². The Kier molecular flexibility index (Phi) is 10.5. The summed E-state index contributed by atoms with van der Waals surface area (Å²) in [6, 6.07) is 17.8. The number of carbonyl (C=O) groups is 3. The second-order valence-corrected chi connectivity index (χ2v) is 12.1. The van der Waals surface area contributed by atoms with E-state index < -0.39 is 17.6 Å². The van der Waals surface area contributed by atoms with Crippen LogP contribution in [0.2, 0.25) is 0 Å². The molecule has 0 saturated carbocycles. The van der Waals surface area contributed by atoms with Gasteiger partial charge in [-0.05, 0) is 60.3 Å². The normalized spacial score (nSPS) is 14.8. The zero-order chi connectivity index (χ0) is 31.9. The smallest absolute Gasteiger partial charge is 0.410 e. The van der Waals surface area contributed by atoms with Crippen LogP contribution in [0.15, 0.2) is 60.7 Å². The van der Waals surface area contributed by atoms with E-state index in [0.717, 1.165) is 18.7 Å². The average Bonchev–Trinajstić information content (AvgIpc) is 3.46. The van der Waals surface area contributed by atoms with Crippen LogP contribution < -0.4 is 15.5 Å². The van der Waals surface area contributed by atoms with Crippen molar-refractivity contribution in [3.8, 4) is 11.4 Å². The van der Waals surface area contributed by atoms with Gasteiger partial charge in [-0.15, -0.1) is 0 Å². The van der Waals surface area contributed by atoms with Gasteiger partial charge in [-0.2, -0.15) is 0 Å². The third kappa shape index (κ3) is 8.76. The third-order valence-electron chi connectivity index (χ3n) is 7.10. The fraction of sp³-hybridized carbons (Fsp3) is 0.424. The number of rotatable bonds is 10. The summed E-state index contributed by atoms with van der Waals surface area (Å²) in [4.78, 5) is 54.7. The fourth-order valence-corrected chi connectivity index (χ4v) is 4.79. The summed E-state index contributed by atoms with van der Waals surface area (Å²) in [5.41, 5.74) is 1.07. The molecule has 4 rings (SSSR count). The molecule has 1 aromatic heterocycles. The van der Waals surface area contributed by atoms with Crippen LogP contribution in [0.5, 0.6) is 0 Å². The summed E-state index contributed by atoms with van der Waals surface area (Å²) in [5, 5.41) is 5.90. The highest BCUT2D eigenvalue weighted by Crippen LogP contribution is 2.23. The first-order valence-electron chi connectivity index (χ1n) is 15.0. The SMILES string of the molecule is CCN(CCN(C)C)c1cc(C(=O)Nc2ccccc2C(=O)NC2CCN(C(=O)OC(C)(C)C)C2)nc(-c2ccccc2)n1. The quantitative estimate of drug-likeness (QED) is 0.348. The van der Waals surface area contributed by atoms with Crippen LogP contribution in [0.4, 0.5) is 16.3 Å². The van der Waals surface area contributed by atoms with Gasteiger partial charge in [0.15, 0.2) is 5.82 Å². The second kappa shape index (κ2) is 14.3. The maximum atomic E-state index is 13.7. The molecule has 2 heterocycles. The number of nitrogens with one attached hydrogen (secondary N) is 2. The first kappa shape index (κ1) is 32.4. The van der Waals surface area contributed by atoms with E-state index in [1.807, 2.05) is 72.1 Å². The fourth-order valence-electron chi connectivity index (χ4n) is 4.79. The molecule has 11 heteroatoms. The topological polar surface area (TPSA) is 120 Å². The summed E-state index contributed by atoms with van der Waals surface area (Å²) in [6.07, 6.45) is 0.206. The second-order valence-electron chi connectivity index (χ2n) is 12.1. The van der Waals surface area contributed by atoms with Crippen molar-refractivity contribution in [1.29, 1.82) is 0 Å². The molecule has 0 aliphatic carbocycles. The molecule has 11 nitrogen and oxygen atoms in total. The van der Waals surface area contributed by atoms with Crippen molar-refractivity contribution in [3.05, 3.63) is 71.9 Å². The minimum atomic E-state index is -0.594. The van der Waals surface area contributed by atoms with Crippen LogP contribution in [0.25, 0.3) is 11.4 Å².